The van der Waals surface area contributed by atoms with Crippen LogP contribution in [-0.4, -0.2) is 22.6 Å². The first-order chi connectivity index (χ1) is 11.1. The van der Waals surface area contributed by atoms with E-state index in [0.717, 1.165) is 5.56 Å². The van der Waals surface area contributed by atoms with Gasteiger partial charge in [-0.15, -0.1) is 0 Å². The lowest BCUT2D eigenvalue weighted by Crippen LogP contribution is -2.00. The summed E-state index contributed by atoms with van der Waals surface area (Å²) < 4.78 is 5.57. The minimum absolute atomic E-state index is 0.0846. The average Bonchev–Trinajstić information content (AvgIpc) is 3.36. The van der Waals surface area contributed by atoms with Gasteiger partial charge in [-0.25, -0.2) is 0 Å². The van der Waals surface area contributed by atoms with Crippen LogP contribution in [0.25, 0.3) is 6.08 Å². The van der Waals surface area contributed by atoms with E-state index in [9.17, 15) is 15.0 Å². The SMILES string of the molecule is O=C(C=Cc1ccc(O)cc1)c1ccc(OCC2CC2)cc1O. The lowest BCUT2D eigenvalue weighted by Gasteiger charge is -2.07. The Hall–Kier alpha value is -2.75. The fourth-order valence-electron chi connectivity index (χ4n) is 2.16. The van der Waals surface area contributed by atoms with E-state index >= 15 is 0 Å². The monoisotopic (exact) mass is 310 g/mol. The maximum Gasteiger partial charge on any atom is 0.189 e. The van der Waals surface area contributed by atoms with Crippen LogP contribution in [0.4, 0.5) is 0 Å². The first-order valence-electron chi connectivity index (χ1n) is 7.59. The topological polar surface area (TPSA) is 66.8 Å². The van der Waals surface area contributed by atoms with Crippen molar-refractivity contribution < 1.29 is 19.7 Å². The van der Waals surface area contributed by atoms with Crippen LogP contribution in [0.5, 0.6) is 17.2 Å². The Balaban J connectivity index is 1.67. The number of ketones is 1. The molecule has 23 heavy (non-hydrogen) atoms. The standard InChI is InChI=1S/C19H18O4/c20-15-6-3-13(4-7-15)5-10-18(21)17-9-8-16(11-19(17)22)23-12-14-1-2-14/h3-11,14,20,22H,1-2,12H2. The molecule has 2 aromatic carbocycles. The van der Waals surface area contributed by atoms with Crippen molar-refractivity contribution in [3.05, 3.63) is 59.7 Å². The van der Waals surface area contributed by atoms with Crippen LogP contribution < -0.4 is 4.74 Å². The van der Waals surface area contributed by atoms with Crippen molar-refractivity contribution in [3.63, 3.8) is 0 Å². The van der Waals surface area contributed by atoms with Crippen LogP contribution in [-0.2, 0) is 0 Å². The number of phenols is 2. The van der Waals surface area contributed by atoms with E-state index in [1.165, 1.54) is 25.0 Å². The van der Waals surface area contributed by atoms with Crippen molar-refractivity contribution in [2.45, 2.75) is 12.8 Å². The van der Waals surface area contributed by atoms with Gasteiger partial charge in [0.05, 0.1) is 12.2 Å². The molecule has 0 aliphatic heterocycles. The Morgan fingerprint density at radius 1 is 1.13 bits per heavy atom. The molecular formula is C19H18O4. The Morgan fingerprint density at radius 3 is 2.52 bits per heavy atom. The number of rotatable bonds is 6. The molecule has 0 radical (unpaired) electrons. The van der Waals surface area contributed by atoms with E-state index in [4.69, 9.17) is 4.74 Å². The van der Waals surface area contributed by atoms with Crippen molar-refractivity contribution in [2.24, 2.45) is 5.92 Å². The van der Waals surface area contributed by atoms with Crippen LogP contribution in [0.2, 0.25) is 0 Å². The zero-order valence-electron chi connectivity index (χ0n) is 12.6. The smallest absolute Gasteiger partial charge is 0.189 e. The van der Waals surface area contributed by atoms with Crippen LogP contribution in [0.3, 0.4) is 0 Å². The molecule has 0 bridgehead atoms. The van der Waals surface area contributed by atoms with Gasteiger partial charge in [-0.05, 0) is 54.7 Å². The fraction of sp³-hybridized carbons (Fsp3) is 0.211. The van der Waals surface area contributed by atoms with Gasteiger partial charge < -0.3 is 14.9 Å². The van der Waals surface area contributed by atoms with Gasteiger partial charge in [0.1, 0.15) is 17.2 Å². The molecule has 118 valence electrons. The summed E-state index contributed by atoms with van der Waals surface area (Å²) in [6, 6.07) is 11.2. The molecule has 4 nitrogen and oxygen atoms in total. The predicted octanol–water partition coefficient (Wildman–Crippen LogP) is 3.78. The third-order valence-corrected chi connectivity index (χ3v) is 3.74. The molecule has 1 saturated carbocycles. The van der Waals surface area contributed by atoms with Crippen LogP contribution >= 0.6 is 0 Å². The number of benzene rings is 2. The van der Waals surface area contributed by atoms with E-state index in [2.05, 4.69) is 0 Å². The van der Waals surface area contributed by atoms with Gasteiger partial charge in [0.25, 0.3) is 0 Å². The zero-order valence-corrected chi connectivity index (χ0v) is 12.6. The molecular weight excluding hydrogens is 292 g/mol. The van der Waals surface area contributed by atoms with Crippen LogP contribution in [0, 0.1) is 5.92 Å². The van der Waals surface area contributed by atoms with Crippen molar-refractivity contribution in [3.8, 4) is 17.2 Å². The fourth-order valence-corrected chi connectivity index (χ4v) is 2.16. The number of carbonyl (C=O) groups is 1. The Morgan fingerprint density at radius 2 is 1.87 bits per heavy atom. The van der Waals surface area contributed by atoms with Gasteiger partial charge in [-0.1, -0.05) is 18.2 Å². The average molecular weight is 310 g/mol. The molecule has 0 unspecified atom stereocenters. The molecule has 4 heteroatoms. The van der Waals surface area contributed by atoms with E-state index in [1.807, 2.05) is 0 Å². The number of phenolic OH excluding ortho intramolecular Hbond substituents is 2. The van der Waals surface area contributed by atoms with Gasteiger partial charge in [-0.3, -0.25) is 4.79 Å². The highest BCUT2D eigenvalue weighted by Crippen LogP contribution is 2.31. The molecule has 2 N–H and O–H groups in total. The van der Waals surface area contributed by atoms with Crippen molar-refractivity contribution in [1.82, 2.24) is 0 Å². The highest BCUT2D eigenvalue weighted by atomic mass is 16.5. The molecule has 0 saturated heterocycles. The van der Waals surface area contributed by atoms with Gasteiger partial charge in [-0.2, -0.15) is 0 Å². The number of ether oxygens (including phenoxy) is 1. The largest absolute Gasteiger partial charge is 0.508 e. The normalized spacial score (nSPS) is 14.1. The molecule has 0 heterocycles. The number of hydrogen-bond acceptors (Lipinski definition) is 4. The number of hydrogen-bond donors (Lipinski definition) is 2. The first kappa shape index (κ1) is 15.2. The molecule has 2 aromatic rings. The van der Waals surface area contributed by atoms with Crippen molar-refractivity contribution in [1.29, 1.82) is 0 Å². The Labute approximate surface area is 134 Å². The van der Waals surface area contributed by atoms with Crippen molar-refractivity contribution >= 4 is 11.9 Å². The van der Waals surface area contributed by atoms with E-state index < -0.39 is 0 Å². The third-order valence-electron chi connectivity index (χ3n) is 3.74. The second-order valence-corrected chi connectivity index (χ2v) is 5.72. The molecule has 0 aromatic heterocycles. The maximum absolute atomic E-state index is 12.2. The predicted molar refractivity (Wildman–Crippen MR) is 87.8 cm³/mol. The van der Waals surface area contributed by atoms with Gasteiger partial charge >= 0.3 is 0 Å². The minimum atomic E-state index is -0.288. The summed E-state index contributed by atoms with van der Waals surface area (Å²) >= 11 is 0. The molecule has 0 atom stereocenters. The number of aromatic hydroxyl groups is 2. The first-order valence-corrected chi connectivity index (χ1v) is 7.59. The summed E-state index contributed by atoms with van der Waals surface area (Å²) in [4.78, 5) is 12.2. The molecule has 1 aliphatic rings. The second kappa shape index (κ2) is 6.57. The Kier molecular flexibility index (Phi) is 4.33. The molecule has 0 amide bonds. The Bertz CT molecular complexity index is 728. The van der Waals surface area contributed by atoms with Gasteiger partial charge in [0.15, 0.2) is 5.78 Å². The second-order valence-electron chi connectivity index (χ2n) is 5.72. The van der Waals surface area contributed by atoms with Crippen molar-refractivity contribution in [2.75, 3.05) is 6.61 Å². The lowest BCUT2D eigenvalue weighted by molar-refractivity contribution is 0.104. The summed E-state index contributed by atoms with van der Waals surface area (Å²) in [6.45, 7) is 0.660. The summed E-state index contributed by atoms with van der Waals surface area (Å²) in [5.41, 5.74) is 1.03. The summed E-state index contributed by atoms with van der Waals surface area (Å²) in [5, 5.41) is 19.2. The number of allylic oxidation sites excluding steroid dienone is 1. The summed E-state index contributed by atoms with van der Waals surface area (Å²) in [5.74, 6) is 1.01. The zero-order chi connectivity index (χ0) is 16.2. The minimum Gasteiger partial charge on any atom is -0.508 e. The molecule has 0 spiro atoms. The number of carbonyl (C=O) groups excluding carboxylic acids is 1. The van der Waals surface area contributed by atoms with E-state index in [-0.39, 0.29) is 22.8 Å². The van der Waals surface area contributed by atoms with E-state index in [1.54, 1.807) is 42.5 Å². The molecule has 3 rings (SSSR count). The van der Waals surface area contributed by atoms with Crippen LogP contribution in [0.15, 0.2) is 48.5 Å². The quantitative estimate of drug-likeness (QED) is 0.629. The maximum atomic E-state index is 12.2. The highest BCUT2D eigenvalue weighted by molar-refractivity contribution is 6.08. The van der Waals surface area contributed by atoms with E-state index in [0.29, 0.717) is 18.3 Å². The summed E-state index contributed by atoms with van der Waals surface area (Å²) in [6.07, 6.45) is 5.43. The summed E-state index contributed by atoms with van der Waals surface area (Å²) in [7, 11) is 0. The van der Waals surface area contributed by atoms with Crippen LogP contribution in [0.1, 0.15) is 28.8 Å². The lowest BCUT2D eigenvalue weighted by atomic mass is 10.1. The molecule has 1 fully saturated rings. The molecule has 1 aliphatic carbocycles. The van der Waals surface area contributed by atoms with Gasteiger partial charge in [0.2, 0.25) is 0 Å². The third kappa shape index (κ3) is 4.13. The van der Waals surface area contributed by atoms with Gasteiger partial charge in [0, 0.05) is 6.07 Å². The highest BCUT2D eigenvalue weighted by Gasteiger charge is 2.22.